The highest BCUT2D eigenvalue weighted by Gasteiger charge is 2.53. The second-order valence-electron chi connectivity index (χ2n) is 9.35. The van der Waals surface area contributed by atoms with Gasteiger partial charge in [0.1, 0.15) is 0 Å². The van der Waals surface area contributed by atoms with Crippen LogP contribution in [0.5, 0.6) is 0 Å². The summed E-state index contributed by atoms with van der Waals surface area (Å²) in [7, 11) is 0. The van der Waals surface area contributed by atoms with Crippen LogP contribution in [0.4, 0.5) is 11.4 Å². The Morgan fingerprint density at radius 3 is 2.59 bits per heavy atom. The van der Waals surface area contributed by atoms with Crippen molar-refractivity contribution in [3.05, 3.63) is 93.5 Å². The van der Waals surface area contributed by atoms with Crippen LogP contribution in [0.25, 0.3) is 0 Å². The smallest absolute Gasteiger partial charge is 0.255 e. The monoisotopic (exact) mass is 462 g/mol. The van der Waals surface area contributed by atoms with Crippen LogP contribution in [-0.2, 0) is 0 Å². The second kappa shape index (κ2) is 7.83. The Morgan fingerprint density at radius 2 is 1.75 bits per heavy atom. The zero-order valence-corrected chi connectivity index (χ0v) is 19.0. The van der Waals surface area contributed by atoms with Crippen LogP contribution < -0.4 is 10.6 Å². The fraction of sp³-hybridized carbons (Fsp3) is 0.296. The van der Waals surface area contributed by atoms with Crippen molar-refractivity contribution >= 4 is 40.5 Å². The summed E-state index contributed by atoms with van der Waals surface area (Å²) in [4.78, 5) is 13.1. The summed E-state index contributed by atoms with van der Waals surface area (Å²) in [6, 6.07) is 22.3. The maximum atomic E-state index is 13.1. The molecule has 1 amide bonds. The molecule has 2 saturated carbocycles. The molecule has 1 aliphatic heterocycles. The topological polar surface area (TPSA) is 41.1 Å². The largest absolute Gasteiger partial charge is 0.378 e. The highest BCUT2D eigenvalue weighted by molar-refractivity contribution is 6.35. The van der Waals surface area contributed by atoms with Gasteiger partial charge in [0.2, 0.25) is 0 Å². The van der Waals surface area contributed by atoms with E-state index in [1.165, 1.54) is 30.4 Å². The van der Waals surface area contributed by atoms with Gasteiger partial charge in [-0.1, -0.05) is 53.5 Å². The lowest BCUT2D eigenvalue weighted by Gasteiger charge is -2.43. The predicted molar refractivity (Wildman–Crippen MR) is 131 cm³/mol. The molecule has 0 aromatic heterocycles. The van der Waals surface area contributed by atoms with Crippen molar-refractivity contribution in [1.82, 2.24) is 0 Å². The number of rotatable bonds is 3. The molecule has 3 aromatic rings. The minimum atomic E-state index is -0.165. The minimum absolute atomic E-state index is 0.165. The molecule has 3 aliphatic rings. The molecule has 32 heavy (non-hydrogen) atoms. The maximum absolute atomic E-state index is 13.1. The van der Waals surface area contributed by atoms with Crippen LogP contribution in [0.15, 0.2) is 66.7 Å². The van der Waals surface area contributed by atoms with Crippen molar-refractivity contribution in [1.29, 1.82) is 0 Å². The second-order valence-corrected chi connectivity index (χ2v) is 10.2. The Hall–Kier alpha value is -2.49. The zero-order chi connectivity index (χ0) is 21.8. The fourth-order valence-corrected chi connectivity index (χ4v) is 6.74. The molecule has 3 nitrogen and oxygen atoms in total. The van der Waals surface area contributed by atoms with Gasteiger partial charge >= 0.3 is 0 Å². The molecule has 162 valence electrons. The van der Waals surface area contributed by atoms with Gasteiger partial charge in [0.05, 0.1) is 16.8 Å². The minimum Gasteiger partial charge on any atom is -0.378 e. The van der Waals surface area contributed by atoms with Crippen LogP contribution in [0.2, 0.25) is 10.0 Å². The van der Waals surface area contributed by atoms with Crippen LogP contribution in [0.1, 0.15) is 52.7 Å². The summed E-state index contributed by atoms with van der Waals surface area (Å²) in [6.07, 6.45) is 3.91. The first-order chi connectivity index (χ1) is 15.6. The summed E-state index contributed by atoms with van der Waals surface area (Å²) >= 11 is 12.3. The highest BCUT2D eigenvalue weighted by Crippen LogP contribution is 2.63. The quantitative estimate of drug-likeness (QED) is 0.421. The number of fused-ring (bicyclic) bond motifs is 7. The van der Waals surface area contributed by atoms with Crippen LogP contribution >= 0.6 is 23.2 Å². The molecule has 2 N–H and O–H groups in total. The SMILES string of the molecule is O=C(Nc1cc(Cl)ccc1Cl)c1ccc2c(c1)[C@@H]1[C@H]3CC[C@@H](C3)[C@H]1[C@H](c1ccccc1)N2. The Balaban J connectivity index is 1.35. The van der Waals surface area contributed by atoms with Gasteiger partial charge in [-0.25, -0.2) is 0 Å². The average Bonchev–Trinajstić information content (AvgIpc) is 3.44. The number of anilines is 2. The van der Waals surface area contributed by atoms with E-state index in [1.807, 2.05) is 6.07 Å². The van der Waals surface area contributed by atoms with Gasteiger partial charge in [0, 0.05) is 16.3 Å². The van der Waals surface area contributed by atoms with E-state index in [9.17, 15) is 4.79 Å². The third-order valence-electron chi connectivity index (χ3n) is 7.68. The van der Waals surface area contributed by atoms with Gasteiger partial charge in [-0.3, -0.25) is 4.79 Å². The van der Waals surface area contributed by atoms with Crippen molar-refractivity contribution in [3.8, 4) is 0 Å². The Bertz CT molecular complexity index is 1200. The fourth-order valence-electron chi connectivity index (χ4n) is 6.41. The van der Waals surface area contributed by atoms with E-state index in [0.29, 0.717) is 45.1 Å². The predicted octanol–water partition coefficient (Wildman–Crippen LogP) is 7.54. The number of halogens is 2. The zero-order valence-electron chi connectivity index (χ0n) is 17.5. The number of carbonyl (C=O) groups excluding carboxylic acids is 1. The number of amides is 1. The van der Waals surface area contributed by atoms with E-state index < -0.39 is 0 Å². The number of hydrogen-bond donors (Lipinski definition) is 2. The van der Waals surface area contributed by atoms with E-state index in [1.54, 1.807) is 18.2 Å². The normalized spacial score (nSPS) is 27.4. The van der Waals surface area contributed by atoms with Gasteiger partial charge < -0.3 is 10.6 Å². The molecule has 0 radical (unpaired) electrons. The summed E-state index contributed by atoms with van der Waals surface area (Å²) in [5.41, 5.74) is 4.99. The van der Waals surface area contributed by atoms with Crippen molar-refractivity contribution in [3.63, 3.8) is 0 Å². The lowest BCUT2D eigenvalue weighted by atomic mass is 9.68. The molecule has 5 heteroatoms. The first-order valence-corrected chi connectivity index (χ1v) is 12.1. The number of nitrogens with one attached hydrogen (secondary N) is 2. The number of carbonyl (C=O) groups is 1. The number of benzene rings is 3. The molecule has 0 saturated heterocycles. The third kappa shape index (κ3) is 3.30. The van der Waals surface area contributed by atoms with Crippen LogP contribution in [-0.4, -0.2) is 5.91 Å². The molecule has 3 aromatic carbocycles. The molecule has 1 heterocycles. The molecule has 2 fully saturated rings. The summed E-state index contributed by atoms with van der Waals surface area (Å²) in [5.74, 6) is 2.36. The molecule has 0 spiro atoms. The lowest BCUT2D eigenvalue weighted by Crippen LogP contribution is -2.35. The van der Waals surface area contributed by atoms with Crippen molar-refractivity contribution in [2.24, 2.45) is 17.8 Å². The molecular formula is C27H24Cl2N2O. The van der Waals surface area contributed by atoms with E-state index in [4.69, 9.17) is 23.2 Å². The lowest BCUT2D eigenvalue weighted by molar-refractivity contribution is 0.102. The third-order valence-corrected chi connectivity index (χ3v) is 8.25. The summed E-state index contributed by atoms with van der Waals surface area (Å²) < 4.78 is 0. The van der Waals surface area contributed by atoms with E-state index in [0.717, 1.165) is 11.6 Å². The Kier molecular flexibility index (Phi) is 4.93. The average molecular weight is 463 g/mol. The van der Waals surface area contributed by atoms with Crippen LogP contribution in [0, 0.1) is 17.8 Å². The van der Waals surface area contributed by atoms with Gasteiger partial charge in [0.25, 0.3) is 5.91 Å². The standard InChI is InChI=1S/C27H24Cl2N2O/c28-19-9-10-21(29)23(14-19)31-27(32)18-8-11-22-20(13-18)24-16-6-7-17(12-16)25(24)26(30-22)15-4-2-1-3-5-15/h1-5,8-11,13-14,16-17,24-26,30H,6-7,12H2,(H,31,32)/t16-,17-,24-,25+,26-/m0/s1. The van der Waals surface area contributed by atoms with Gasteiger partial charge in [-0.2, -0.15) is 0 Å². The molecular weight excluding hydrogens is 439 g/mol. The van der Waals surface area contributed by atoms with Crippen LogP contribution in [0.3, 0.4) is 0 Å². The first kappa shape index (κ1) is 20.1. The first-order valence-electron chi connectivity index (χ1n) is 11.3. The van der Waals surface area contributed by atoms with Crippen molar-refractivity contribution in [2.45, 2.75) is 31.2 Å². The van der Waals surface area contributed by atoms with Gasteiger partial charge in [-0.05, 0) is 90.5 Å². The van der Waals surface area contributed by atoms with Crippen molar-refractivity contribution < 1.29 is 4.79 Å². The molecule has 6 rings (SSSR count). The van der Waals surface area contributed by atoms with E-state index >= 15 is 0 Å². The molecule has 5 atom stereocenters. The molecule has 0 unspecified atom stereocenters. The van der Waals surface area contributed by atoms with E-state index in [-0.39, 0.29) is 5.91 Å². The van der Waals surface area contributed by atoms with Gasteiger partial charge in [0.15, 0.2) is 0 Å². The van der Waals surface area contributed by atoms with Gasteiger partial charge in [-0.15, -0.1) is 0 Å². The molecule has 2 bridgehead atoms. The Labute approximate surface area is 198 Å². The Morgan fingerprint density at radius 1 is 0.938 bits per heavy atom. The summed E-state index contributed by atoms with van der Waals surface area (Å²) in [6.45, 7) is 0. The van der Waals surface area contributed by atoms with E-state index in [2.05, 4.69) is 53.1 Å². The maximum Gasteiger partial charge on any atom is 0.255 e. The highest BCUT2D eigenvalue weighted by atomic mass is 35.5. The van der Waals surface area contributed by atoms with Crippen molar-refractivity contribution in [2.75, 3.05) is 10.6 Å². The molecule has 2 aliphatic carbocycles. The number of hydrogen-bond acceptors (Lipinski definition) is 2. The summed E-state index contributed by atoms with van der Waals surface area (Å²) in [5, 5.41) is 7.77.